The molecular formula is C20H26ClN3OS. The van der Waals surface area contributed by atoms with E-state index in [0.29, 0.717) is 18.5 Å². The molecule has 26 heavy (non-hydrogen) atoms. The van der Waals surface area contributed by atoms with Crippen LogP contribution in [0, 0.1) is 0 Å². The van der Waals surface area contributed by atoms with Crippen molar-refractivity contribution < 1.29 is 4.79 Å². The van der Waals surface area contributed by atoms with Crippen LogP contribution in [0.2, 0.25) is 0 Å². The maximum atomic E-state index is 12.7. The van der Waals surface area contributed by atoms with Crippen LogP contribution < -0.4 is 5.32 Å². The zero-order valence-corrected chi connectivity index (χ0v) is 16.7. The molecule has 2 saturated heterocycles. The molecule has 140 valence electrons. The molecule has 2 unspecified atom stereocenters. The highest BCUT2D eigenvalue weighted by atomic mass is 35.5. The minimum absolute atomic E-state index is 0. The van der Waals surface area contributed by atoms with Gasteiger partial charge in [-0.15, -0.1) is 23.7 Å². The number of likely N-dealkylation sites (tertiary alicyclic amines) is 1. The number of hydrogen-bond acceptors (Lipinski definition) is 4. The number of nitrogens with zero attached hydrogens (tertiary/aromatic N) is 2. The second-order valence-corrected chi connectivity index (χ2v) is 8.00. The first-order valence-corrected chi connectivity index (χ1v) is 10.2. The van der Waals surface area contributed by atoms with Crippen molar-refractivity contribution in [3.05, 3.63) is 40.9 Å². The van der Waals surface area contributed by atoms with Gasteiger partial charge in [-0.05, 0) is 31.2 Å². The highest BCUT2D eigenvalue weighted by molar-refractivity contribution is 7.13. The molecular weight excluding hydrogens is 366 g/mol. The number of carbonyl (C=O) groups excluding carboxylic acids is 1. The Morgan fingerprint density at radius 3 is 2.77 bits per heavy atom. The number of thiazole rings is 1. The number of aromatic nitrogens is 1. The Labute approximate surface area is 165 Å². The third-order valence-corrected chi connectivity index (χ3v) is 6.31. The van der Waals surface area contributed by atoms with Gasteiger partial charge < -0.3 is 10.2 Å². The summed E-state index contributed by atoms with van der Waals surface area (Å²) in [5.41, 5.74) is 3.36. The number of hydrogen-bond donors (Lipinski definition) is 1. The summed E-state index contributed by atoms with van der Waals surface area (Å²) in [5.74, 6) is 0.215. The Morgan fingerprint density at radius 1 is 1.23 bits per heavy atom. The minimum atomic E-state index is 0. The molecule has 0 spiro atoms. The van der Waals surface area contributed by atoms with Gasteiger partial charge in [-0.1, -0.05) is 31.2 Å². The van der Waals surface area contributed by atoms with Crippen LogP contribution in [0.5, 0.6) is 0 Å². The highest BCUT2D eigenvalue weighted by Gasteiger charge is 2.31. The molecule has 1 aromatic heterocycles. The number of nitrogens with one attached hydrogen (secondary N) is 1. The van der Waals surface area contributed by atoms with Crippen LogP contribution in [-0.4, -0.2) is 41.0 Å². The zero-order valence-electron chi connectivity index (χ0n) is 15.1. The van der Waals surface area contributed by atoms with Crippen molar-refractivity contribution in [1.29, 1.82) is 0 Å². The van der Waals surface area contributed by atoms with Gasteiger partial charge in [0.1, 0.15) is 5.01 Å². The summed E-state index contributed by atoms with van der Waals surface area (Å²) in [6.07, 6.45) is 5.00. The van der Waals surface area contributed by atoms with Crippen molar-refractivity contribution in [3.63, 3.8) is 0 Å². The Hall–Kier alpha value is -1.43. The summed E-state index contributed by atoms with van der Waals surface area (Å²) in [6, 6.07) is 9.65. The molecule has 4 nitrogen and oxygen atoms in total. The van der Waals surface area contributed by atoms with E-state index in [1.54, 1.807) is 11.3 Å². The number of rotatable bonds is 4. The van der Waals surface area contributed by atoms with E-state index >= 15 is 0 Å². The van der Waals surface area contributed by atoms with Gasteiger partial charge in [-0.2, -0.15) is 0 Å². The van der Waals surface area contributed by atoms with E-state index in [9.17, 15) is 4.79 Å². The van der Waals surface area contributed by atoms with Crippen molar-refractivity contribution in [3.8, 4) is 10.6 Å². The van der Waals surface area contributed by atoms with Gasteiger partial charge in [-0.3, -0.25) is 4.79 Å². The lowest BCUT2D eigenvalue weighted by Gasteiger charge is -2.24. The summed E-state index contributed by atoms with van der Waals surface area (Å²) in [7, 11) is 0. The maximum Gasteiger partial charge on any atom is 0.228 e. The van der Waals surface area contributed by atoms with Gasteiger partial charge in [0.15, 0.2) is 0 Å². The lowest BCUT2D eigenvalue weighted by Crippen LogP contribution is -2.39. The van der Waals surface area contributed by atoms with Gasteiger partial charge in [0.25, 0.3) is 0 Å². The van der Waals surface area contributed by atoms with E-state index in [1.165, 1.54) is 18.4 Å². The van der Waals surface area contributed by atoms with Gasteiger partial charge in [0, 0.05) is 36.1 Å². The fraction of sp³-hybridized carbons (Fsp3) is 0.500. The Balaban J connectivity index is 0.00000196. The van der Waals surface area contributed by atoms with Crippen LogP contribution in [0.3, 0.4) is 0 Å². The van der Waals surface area contributed by atoms with Gasteiger partial charge in [0.05, 0.1) is 12.1 Å². The summed E-state index contributed by atoms with van der Waals surface area (Å²) >= 11 is 1.63. The lowest BCUT2D eigenvalue weighted by molar-refractivity contribution is -0.130. The Bertz CT molecular complexity index is 746. The van der Waals surface area contributed by atoms with Crippen LogP contribution in [0.1, 0.15) is 37.4 Å². The molecule has 1 amide bonds. The topological polar surface area (TPSA) is 45.2 Å². The second-order valence-electron chi connectivity index (χ2n) is 7.14. The molecule has 3 heterocycles. The number of aryl methyl sites for hydroxylation is 1. The van der Waals surface area contributed by atoms with Crippen LogP contribution in [0.15, 0.2) is 29.6 Å². The normalized spacial score (nSPS) is 22.0. The zero-order chi connectivity index (χ0) is 17.2. The molecule has 1 N–H and O–H groups in total. The predicted molar refractivity (Wildman–Crippen MR) is 109 cm³/mol. The van der Waals surface area contributed by atoms with E-state index in [1.807, 2.05) is 10.3 Å². The average molecular weight is 392 g/mol. The maximum absolute atomic E-state index is 12.7. The monoisotopic (exact) mass is 391 g/mol. The van der Waals surface area contributed by atoms with Crippen molar-refractivity contribution in [1.82, 2.24) is 15.2 Å². The fourth-order valence-corrected chi connectivity index (χ4v) is 4.67. The Kier molecular flexibility index (Phi) is 6.33. The molecule has 2 atom stereocenters. The molecule has 6 heteroatoms. The highest BCUT2D eigenvalue weighted by Crippen LogP contribution is 2.25. The number of fused-ring (bicyclic) bond motifs is 2. The standard InChI is InChI=1S/C20H25N3OS.ClH/c1-2-14-3-5-15(6-4-14)20-22-18(13-25-20)11-19(24)23-10-9-16-7-8-17(12-23)21-16;/h3-6,13,16-17,21H,2,7-12H2,1H3;1H. The quantitative estimate of drug-likeness (QED) is 0.864. The third-order valence-electron chi connectivity index (χ3n) is 5.37. The third kappa shape index (κ3) is 4.27. The van der Waals surface area contributed by atoms with Crippen LogP contribution in [0.4, 0.5) is 0 Å². The first kappa shape index (κ1) is 19.3. The molecule has 2 aliphatic heterocycles. The van der Waals surface area contributed by atoms with E-state index in [4.69, 9.17) is 4.98 Å². The van der Waals surface area contributed by atoms with Crippen molar-refractivity contribution in [2.45, 2.75) is 51.1 Å². The van der Waals surface area contributed by atoms with Gasteiger partial charge in [0.2, 0.25) is 5.91 Å². The first-order valence-electron chi connectivity index (χ1n) is 9.29. The molecule has 2 fully saturated rings. The van der Waals surface area contributed by atoms with Crippen molar-refractivity contribution in [2.75, 3.05) is 13.1 Å². The lowest BCUT2D eigenvalue weighted by atomic mass is 10.1. The smallest absolute Gasteiger partial charge is 0.228 e. The van der Waals surface area contributed by atoms with Crippen LogP contribution in [0.25, 0.3) is 10.6 Å². The molecule has 2 aromatic rings. The first-order chi connectivity index (χ1) is 12.2. The Morgan fingerprint density at radius 2 is 2.00 bits per heavy atom. The number of benzene rings is 1. The van der Waals surface area contributed by atoms with E-state index in [-0.39, 0.29) is 18.3 Å². The molecule has 0 saturated carbocycles. The van der Waals surface area contributed by atoms with Crippen LogP contribution >= 0.6 is 23.7 Å². The number of carbonyl (C=O) groups is 1. The average Bonchev–Trinajstić information content (AvgIpc) is 3.21. The summed E-state index contributed by atoms with van der Waals surface area (Å²) in [4.78, 5) is 19.4. The minimum Gasteiger partial charge on any atom is -0.341 e. The van der Waals surface area contributed by atoms with E-state index in [0.717, 1.165) is 42.2 Å². The molecule has 1 aromatic carbocycles. The SMILES string of the molecule is CCc1ccc(-c2nc(CC(=O)N3CCC4CCC(C3)N4)cs2)cc1.Cl. The molecule has 0 radical (unpaired) electrons. The predicted octanol–water partition coefficient (Wildman–Crippen LogP) is 3.69. The van der Waals surface area contributed by atoms with E-state index < -0.39 is 0 Å². The number of halogens is 1. The van der Waals surface area contributed by atoms with Crippen LogP contribution in [-0.2, 0) is 17.6 Å². The van der Waals surface area contributed by atoms with Gasteiger partial charge >= 0.3 is 0 Å². The fourth-order valence-electron chi connectivity index (χ4n) is 3.84. The molecule has 2 bridgehead atoms. The molecule has 0 aliphatic carbocycles. The second kappa shape index (κ2) is 8.51. The van der Waals surface area contributed by atoms with Crippen molar-refractivity contribution in [2.24, 2.45) is 0 Å². The number of amides is 1. The van der Waals surface area contributed by atoms with E-state index in [2.05, 4.69) is 36.5 Å². The largest absolute Gasteiger partial charge is 0.341 e. The van der Waals surface area contributed by atoms with Crippen molar-refractivity contribution >= 4 is 29.7 Å². The summed E-state index contributed by atoms with van der Waals surface area (Å²) < 4.78 is 0. The molecule has 2 aliphatic rings. The molecule has 4 rings (SSSR count). The summed E-state index contributed by atoms with van der Waals surface area (Å²) in [6.45, 7) is 3.89. The summed E-state index contributed by atoms with van der Waals surface area (Å²) in [5, 5.41) is 6.66. The van der Waals surface area contributed by atoms with Gasteiger partial charge in [-0.25, -0.2) is 4.98 Å².